The third-order valence-corrected chi connectivity index (χ3v) is 3.96. The first kappa shape index (κ1) is 14.8. The van der Waals surface area contributed by atoms with Gasteiger partial charge in [-0.05, 0) is 55.8 Å². The van der Waals surface area contributed by atoms with Crippen molar-refractivity contribution in [2.45, 2.75) is 38.3 Å². The lowest BCUT2D eigenvalue weighted by Gasteiger charge is -2.25. The molecule has 1 aromatic rings. The van der Waals surface area contributed by atoms with Gasteiger partial charge in [0.2, 0.25) is 0 Å². The van der Waals surface area contributed by atoms with Crippen molar-refractivity contribution in [3.8, 4) is 11.8 Å². The Bertz CT molecular complexity index is 474. The third-order valence-electron chi connectivity index (χ3n) is 3.96. The summed E-state index contributed by atoms with van der Waals surface area (Å²) in [5.74, 6) is 1.30. The van der Waals surface area contributed by atoms with Crippen LogP contribution in [-0.4, -0.2) is 24.9 Å². The van der Waals surface area contributed by atoms with E-state index < -0.39 is 0 Å². The molecular formula is C16H22N2O2. The molecule has 4 nitrogen and oxygen atoms in total. The van der Waals surface area contributed by atoms with Gasteiger partial charge in [-0.25, -0.2) is 0 Å². The Morgan fingerprint density at radius 2 is 2.10 bits per heavy atom. The zero-order valence-electron chi connectivity index (χ0n) is 11.9. The van der Waals surface area contributed by atoms with Crippen molar-refractivity contribution in [3.63, 3.8) is 0 Å². The highest BCUT2D eigenvalue weighted by atomic mass is 16.5. The minimum atomic E-state index is -0.0889. The molecule has 4 heteroatoms. The van der Waals surface area contributed by atoms with Crippen LogP contribution in [0.25, 0.3) is 0 Å². The van der Waals surface area contributed by atoms with Crippen molar-refractivity contribution in [1.82, 2.24) is 5.32 Å². The molecule has 0 heterocycles. The smallest absolute Gasteiger partial charge is 0.136 e. The number of hydrogen-bond donors (Lipinski definition) is 2. The summed E-state index contributed by atoms with van der Waals surface area (Å²) in [5.41, 5.74) is 1.69. The number of benzene rings is 1. The van der Waals surface area contributed by atoms with Gasteiger partial charge in [-0.2, -0.15) is 5.26 Å². The molecule has 1 aliphatic rings. The predicted octanol–water partition coefficient (Wildman–Crippen LogP) is 2.21. The molecule has 0 aromatic heterocycles. The molecule has 1 fully saturated rings. The van der Waals surface area contributed by atoms with Crippen molar-refractivity contribution in [2.24, 2.45) is 5.92 Å². The maximum absolute atomic E-state index is 9.48. The van der Waals surface area contributed by atoms with Crippen LogP contribution in [-0.2, 0) is 6.54 Å². The zero-order valence-corrected chi connectivity index (χ0v) is 11.9. The fourth-order valence-electron chi connectivity index (χ4n) is 2.71. The summed E-state index contributed by atoms with van der Waals surface area (Å²) in [4.78, 5) is 0. The van der Waals surface area contributed by atoms with Crippen molar-refractivity contribution >= 4 is 0 Å². The molecule has 1 aliphatic carbocycles. The fraction of sp³-hybridized carbons (Fsp3) is 0.562. The summed E-state index contributed by atoms with van der Waals surface area (Å²) in [5, 5.41) is 21.9. The van der Waals surface area contributed by atoms with Gasteiger partial charge in [0.25, 0.3) is 0 Å². The summed E-state index contributed by atoms with van der Waals surface area (Å²) in [6.45, 7) is 1.76. The van der Waals surface area contributed by atoms with Gasteiger partial charge in [-0.15, -0.1) is 0 Å². The average molecular weight is 274 g/mol. The minimum absolute atomic E-state index is 0.0889. The van der Waals surface area contributed by atoms with E-state index in [1.54, 1.807) is 13.2 Å². The minimum Gasteiger partial charge on any atom is -0.495 e. The second kappa shape index (κ2) is 7.28. The Morgan fingerprint density at radius 1 is 1.35 bits per heavy atom. The largest absolute Gasteiger partial charge is 0.495 e. The van der Waals surface area contributed by atoms with Crippen LogP contribution in [0.15, 0.2) is 18.2 Å². The summed E-state index contributed by atoms with van der Waals surface area (Å²) < 4.78 is 5.21. The van der Waals surface area contributed by atoms with Crippen molar-refractivity contribution in [1.29, 1.82) is 5.26 Å². The van der Waals surface area contributed by atoms with Crippen LogP contribution in [0.4, 0.5) is 0 Å². The van der Waals surface area contributed by atoms with Gasteiger partial charge in [0.05, 0.1) is 18.8 Å². The number of ether oxygens (including phenoxy) is 1. The number of nitrogens with zero attached hydrogens (tertiary/aromatic N) is 1. The number of nitriles is 1. The first-order chi connectivity index (χ1) is 9.72. The quantitative estimate of drug-likeness (QED) is 0.864. The van der Waals surface area contributed by atoms with Crippen LogP contribution >= 0.6 is 0 Å². The molecule has 2 N–H and O–H groups in total. The van der Waals surface area contributed by atoms with Gasteiger partial charge in [0, 0.05) is 6.54 Å². The summed E-state index contributed by atoms with van der Waals surface area (Å²) >= 11 is 0. The Morgan fingerprint density at radius 3 is 2.75 bits per heavy atom. The summed E-state index contributed by atoms with van der Waals surface area (Å²) in [7, 11) is 1.58. The molecule has 0 amide bonds. The molecular weight excluding hydrogens is 252 g/mol. The molecule has 20 heavy (non-hydrogen) atoms. The molecule has 0 spiro atoms. The van der Waals surface area contributed by atoms with Crippen LogP contribution in [0.5, 0.6) is 5.75 Å². The molecule has 2 rings (SSSR count). The summed E-state index contributed by atoms with van der Waals surface area (Å²) in [6, 6.07) is 7.78. The number of nitrogens with one attached hydrogen (secondary N) is 1. The Hall–Kier alpha value is -1.57. The van der Waals surface area contributed by atoms with Crippen LogP contribution in [0, 0.1) is 17.2 Å². The molecule has 0 radical (unpaired) electrons. The van der Waals surface area contributed by atoms with E-state index in [-0.39, 0.29) is 6.10 Å². The molecule has 0 unspecified atom stereocenters. The maximum Gasteiger partial charge on any atom is 0.136 e. The van der Waals surface area contributed by atoms with Gasteiger partial charge in [0.15, 0.2) is 0 Å². The number of aliphatic hydroxyl groups excluding tert-OH is 1. The van der Waals surface area contributed by atoms with E-state index in [0.717, 1.165) is 44.3 Å². The molecule has 0 saturated heterocycles. The first-order valence-corrected chi connectivity index (χ1v) is 7.18. The van der Waals surface area contributed by atoms with E-state index >= 15 is 0 Å². The number of hydrogen-bond acceptors (Lipinski definition) is 4. The van der Waals surface area contributed by atoms with Crippen LogP contribution < -0.4 is 10.1 Å². The van der Waals surface area contributed by atoms with E-state index in [4.69, 9.17) is 10.00 Å². The average Bonchev–Trinajstić information content (AvgIpc) is 2.49. The Kier molecular flexibility index (Phi) is 5.40. The Labute approximate surface area is 120 Å². The standard InChI is InChI=1S/C16H22N2O2/c1-20-16-8-13(2-5-14(16)9-17)11-18-10-12-3-6-15(19)7-4-12/h2,5,8,12,15,18-19H,3-4,6-7,10-11H2,1H3. The normalized spacial score (nSPS) is 22.2. The highest BCUT2D eigenvalue weighted by Crippen LogP contribution is 2.24. The van der Waals surface area contributed by atoms with Crippen molar-refractivity contribution in [2.75, 3.05) is 13.7 Å². The van der Waals surface area contributed by atoms with Gasteiger partial charge in [0.1, 0.15) is 11.8 Å². The SMILES string of the molecule is COc1cc(CNCC2CCC(O)CC2)ccc1C#N. The molecule has 0 atom stereocenters. The lowest BCUT2D eigenvalue weighted by atomic mass is 9.87. The molecule has 1 aromatic carbocycles. The maximum atomic E-state index is 9.48. The topological polar surface area (TPSA) is 65.3 Å². The first-order valence-electron chi connectivity index (χ1n) is 7.18. The van der Waals surface area contributed by atoms with E-state index in [9.17, 15) is 5.11 Å². The monoisotopic (exact) mass is 274 g/mol. The lowest BCUT2D eigenvalue weighted by Crippen LogP contribution is -2.27. The number of rotatable bonds is 5. The summed E-state index contributed by atoms with van der Waals surface area (Å²) in [6.07, 6.45) is 3.97. The zero-order chi connectivity index (χ0) is 14.4. The molecule has 0 bridgehead atoms. The van der Waals surface area contributed by atoms with Gasteiger partial charge in [-0.1, -0.05) is 6.07 Å². The number of methoxy groups -OCH3 is 1. The number of aliphatic hydroxyl groups is 1. The van der Waals surface area contributed by atoms with Gasteiger partial charge < -0.3 is 15.2 Å². The highest BCUT2D eigenvalue weighted by Gasteiger charge is 2.18. The Balaban J connectivity index is 1.81. The van der Waals surface area contributed by atoms with Gasteiger partial charge in [-0.3, -0.25) is 0 Å². The van der Waals surface area contributed by atoms with Crippen LogP contribution in [0.1, 0.15) is 36.8 Å². The van der Waals surface area contributed by atoms with Crippen LogP contribution in [0.3, 0.4) is 0 Å². The third kappa shape index (κ3) is 3.96. The predicted molar refractivity (Wildman–Crippen MR) is 77.4 cm³/mol. The van der Waals surface area contributed by atoms with Crippen LogP contribution in [0.2, 0.25) is 0 Å². The fourth-order valence-corrected chi connectivity index (χ4v) is 2.71. The van der Waals surface area contributed by atoms with E-state index in [1.165, 1.54) is 0 Å². The van der Waals surface area contributed by atoms with Crippen molar-refractivity contribution in [3.05, 3.63) is 29.3 Å². The lowest BCUT2D eigenvalue weighted by molar-refractivity contribution is 0.108. The second-order valence-electron chi connectivity index (χ2n) is 5.45. The highest BCUT2D eigenvalue weighted by molar-refractivity contribution is 5.45. The van der Waals surface area contributed by atoms with Crippen molar-refractivity contribution < 1.29 is 9.84 Å². The van der Waals surface area contributed by atoms with Gasteiger partial charge >= 0.3 is 0 Å². The van der Waals surface area contributed by atoms with E-state index in [2.05, 4.69) is 11.4 Å². The second-order valence-corrected chi connectivity index (χ2v) is 5.45. The van der Waals surface area contributed by atoms with E-state index in [0.29, 0.717) is 17.2 Å². The molecule has 0 aliphatic heterocycles. The molecule has 108 valence electrons. The molecule has 1 saturated carbocycles. The van der Waals surface area contributed by atoms with E-state index in [1.807, 2.05) is 12.1 Å².